The van der Waals surface area contributed by atoms with Crippen molar-refractivity contribution in [1.82, 2.24) is 5.32 Å². The second kappa shape index (κ2) is 7.57. The van der Waals surface area contributed by atoms with Crippen LogP contribution in [0.4, 0.5) is 0 Å². The molecule has 1 heteroatoms. The fourth-order valence-corrected chi connectivity index (χ4v) is 1.15. The first-order valence-corrected chi connectivity index (χ1v) is 5.29. The van der Waals surface area contributed by atoms with Crippen LogP contribution in [0.2, 0.25) is 0 Å². The molecule has 0 atom stereocenters. The van der Waals surface area contributed by atoms with Crippen molar-refractivity contribution < 1.29 is 0 Å². The lowest BCUT2D eigenvalue weighted by atomic mass is 10.1. The quantitative estimate of drug-likeness (QED) is 0.673. The highest BCUT2D eigenvalue weighted by atomic mass is 14.9. The molecule has 0 radical (unpaired) electrons. The van der Waals surface area contributed by atoms with Gasteiger partial charge in [-0.2, -0.15) is 0 Å². The number of hydrogen-bond donors (Lipinski definition) is 1. The summed E-state index contributed by atoms with van der Waals surface area (Å²) in [5.41, 5.74) is 2.78. The number of rotatable bonds is 1. The molecule has 1 fully saturated rings. The van der Waals surface area contributed by atoms with Crippen LogP contribution in [-0.4, -0.2) is 13.1 Å². The van der Waals surface area contributed by atoms with Crippen molar-refractivity contribution in [1.29, 1.82) is 0 Å². The molecule has 0 aromatic heterocycles. The van der Waals surface area contributed by atoms with Crippen LogP contribution < -0.4 is 5.32 Å². The molecule has 1 nitrogen and oxygen atoms in total. The van der Waals surface area contributed by atoms with Crippen molar-refractivity contribution in [2.75, 3.05) is 13.1 Å². The van der Waals surface area contributed by atoms with Gasteiger partial charge in [-0.1, -0.05) is 45.6 Å². The lowest BCUT2D eigenvalue weighted by Crippen LogP contribution is -2.04. The fourth-order valence-electron chi connectivity index (χ4n) is 1.15. The minimum atomic E-state index is 0.833. The number of hydrogen-bond acceptors (Lipinski definition) is 1. The largest absolute Gasteiger partial charge is 0.309 e. The van der Waals surface area contributed by atoms with Crippen LogP contribution in [0.1, 0.15) is 27.7 Å². The van der Waals surface area contributed by atoms with E-state index in [1.54, 1.807) is 0 Å². The first kappa shape index (κ1) is 13.2. The van der Waals surface area contributed by atoms with Gasteiger partial charge < -0.3 is 5.32 Å². The molecule has 80 valence electrons. The van der Waals surface area contributed by atoms with E-state index in [0.29, 0.717) is 0 Å². The molecule has 1 saturated heterocycles. The Labute approximate surface area is 88.6 Å². The molecule has 0 amide bonds. The molecule has 0 unspecified atom stereocenters. The normalized spacial score (nSPS) is 21.2. The summed E-state index contributed by atoms with van der Waals surface area (Å²) in [5, 5.41) is 3.27. The molecular formula is C13H23N. The van der Waals surface area contributed by atoms with Crippen LogP contribution in [0.15, 0.2) is 36.0 Å². The van der Waals surface area contributed by atoms with Crippen LogP contribution in [0.5, 0.6) is 0 Å². The van der Waals surface area contributed by atoms with Crippen LogP contribution in [0, 0.1) is 5.92 Å². The molecule has 1 rings (SSSR count). The Morgan fingerprint density at radius 1 is 1.21 bits per heavy atom. The molecule has 1 aliphatic heterocycles. The van der Waals surface area contributed by atoms with Crippen molar-refractivity contribution in [3.63, 3.8) is 0 Å². The second-order valence-corrected chi connectivity index (χ2v) is 4.08. The molecule has 0 spiro atoms. The standard InChI is InChI=1S/C9H13N.C4H10/c1-3-5-9-7-10-6-8(9)4-2;1-4(2)3/h3-5,10H,1,6-7H2,2H3;4H,1-3H3/b8-4-,9-5-;. The maximum atomic E-state index is 3.66. The Balaban J connectivity index is 0.000000364. The average molecular weight is 193 g/mol. The summed E-state index contributed by atoms with van der Waals surface area (Å²) < 4.78 is 0. The minimum absolute atomic E-state index is 0.833. The molecular weight excluding hydrogens is 170 g/mol. The van der Waals surface area contributed by atoms with Gasteiger partial charge in [0.25, 0.3) is 0 Å². The summed E-state index contributed by atoms with van der Waals surface area (Å²) in [5.74, 6) is 0.833. The lowest BCUT2D eigenvalue weighted by molar-refractivity contribution is 0.737. The van der Waals surface area contributed by atoms with Crippen LogP contribution in [0.25, 0.3) is 0 Å². The van der Waals surface area contributed by atoms with E-state index in [0.717, 1.165) is 19.0 Å². The average Bonchev–Trinajstić information content (AvgIpc) is 2.51. The summed E-state index contributed by atoms with van der Waals surface area (Å²) >= 11 is 0. The second-order valence-electron chi connectivity index (χ2n) is 4.08. The smallest absolute Gasteiger partial charge is 0.0211 e. The van der Waals surface area contributed by atoms with E-state index in [9.17, 15) is 0 Å². The zero-order valence-corrected chi connectivity index (χ0v) is 9.93. The van der Waals surface area contributed by atoms with Gasteiger partial charge in [0, 0.05) is 13.1 Å². The molecule has 0 aromatic rings. The van der Waals surface area contributed by atoms with E-state index in [2.05, 4.69) is 51.7 Å². The predicted molar refractivity (Wildman–Crippen MR) is 65.4 cm³/mol. The van der Waals surface area contributed by atoms with Crippen molar-refractivity contribution in [2.24, 2.45) is 5.92 Å². The van der Waals surface area contributed by atoms with E-state index >= 15 is 0 Å². The zero-order valence-electron chi connectivity index (χ0n) is 9.93. The van der Waals surface area contributed by atoms with E-state index in [4.69, 9.17) is 0 Å². The van der Waals surface area contributed by atoms with Crippen molar-refractivity contribution in [2.45, 2.75) is 27.7 Å². The van der Waals surface area contributed by atoms with Gasteiger partial charge >= 0.3 is 0 Å². The van der Waals surface area contributed by atoms with Gasteiger partial charge in [0.1, 0.15) is 0 Å². The Hall–Kier alpha value is -0.820. The topological polar surface area (TPSA) is 12.0 Å². The van der Waals surface area contributed by atoms with Gasteiger partial charge in [-0.15, -0.1) is 0 Å². The lowest BCUT2D eigenvalue weighted by Gasteiger charge is -1.93. The van der Waals surface area contributed by atoms with Gasteiger partial charge in [0.05, 0.1) is 0 Å². The van der Waals surface area contributed by atoms with Gasteiger partial charge in [-0.3, -0.25) is 0 Å². The molecule has 0 aliphatic carbocycles. The molecule has 1 aliphatic rings. The molecule has 1 N–H and O–H groups in total. The third-order valence-corrected chi connectivity index (χ3v) is 1.71. The van der Waals surface area contributed by atoms with Gasteiger partial charge in [0.15, 0.2) is 0 Å². The van der Waals surface area contributed by atoms with Crippen molar-refractivity contribution >= 4 is 0 Å². The zero-order chi connectivity index (χ0) is 11.0. The first-order chi connectivity index (χ1) is 6.61. The third kappa shape index (κ3) is 5.76. The van der Waals surface area contributed by atoms with E-state index in [1.165, 1.54) is 11.1 Å². The summed E-state index contributed by atoms with van der Waals surface area (Å²) in [6, 6.07) is 0. The molecule has 0 bridgehead atoms. The van der Waals surface area contributed by atoms with E-state index in [-0.39, 0.29) is 0 Å². The molecule has 0 saturated carbocycles. The van der Waals surface area contributed by atoms with Gasteiger partial charge in [-0.25, -0.2) is 0 Å². The van der Waals surface area contributed by atoms with Gasteiger partial charge in [-0.05, 0) is 24.0 Å². The summed E-state index contributed by atoms with van der Waals surface area (Å²) in [6.07, 6.45) is 6.05. The van der Waals surface area contributed by atoms with Crippen molar-refractivity contribution in [3.05, 3.63) is 36.0 Å². The van der Waals surface area contributed by atoms with Crippen molar-refractivity contribution in [3.8, 4) is 0 Å². The van der Waals surface area contributed by atoms with E-state index < -0.39 is 0 Å². The Kier molecular flexibility index (Phi) is 7.13. The minimum Gasteiger partial charge on any atom is -0.309 e. The maximum absolute atomic E-state index is 3.66. The van der Waals surface area contributed by atoms with E-state index in [1.807, 2.05) is 6.08 Å². The predicted octanol–water partition coefficient (Wildman–Crippen LogP) is 3.31. The molecule has 1 heterocycles. The summed E-state index contributed by atoms with van der Waals surface area (Å²) in [6.45, 7) is 14.2. The Morgan fingerprint density at radius 3 is 2.14 bits per heavy atom. The van der Waals surface area contributed by atoms with Crippen LogP contribution in [-0.2, 0) is 0 Å². The highest BCUT2D eigenvalue weighted by Crippen LogP contribution is 2.13. The molecule has 0 aromatic carbocycles. The summed E-state index contributed by atoms with van der Waals surface area (Å²) in [7, 11) is 0. The highest BCUT2D eigenvalue weighted by Gasteiger charge is 2.09. The number of allylic oxidation sites excluding steroid dienone is 3. The van der Waals surface area contributed by atoms with Crippen LogP contribution >= 0.6 is 0 Å². The first-order valence-electron chi connectivity index (χ1n) is 5.29. The SMILES string of the molecule is C=C/C=C1/CNC/C1=C/C.CC(C)C. The maximum Gasteiger partial charge on any atom is 0.0211 e. The van der Waals surface area contributed by atoms with Crippen LogP contribution in [0.3, 0.4) is 0 Å². The number of nitrogens with one attached hydrogen (secondary N) is 1. The highest BCUT2D eigenvalue weighted by molar-refractivity contribution is 5.38. The molecule has 14 heavy (non-hydrogen) atoms. The van der Waals surface area contributed by atoms with Gasteiger partial charge in [0.2, 0.25) is 0 Å². The fraction of sp³-hybridized carbons (Fsp3) is 0.538. The summed E-state index contributed by atoms with van der Waals surface area (Å²) in [4.78, 5) is 0. The Bertz CT molecular complexity index is 219. The Morgan fingerprint density at radius 2 is 1.71 bits per heavy atom. The third-order valence-electron chi connectivity index (χ3n) is 1.71. The monoisotopic (exact) mass is 193 g/mol.